The van der Waals surface area contributed by atoms with Gasteiger partial charge in [0.2, 0.25) is 0 Å². The summed E-state index contributed by atoms with van der Waals surface area (Å²) >= 11 is 0. The second kappa shape index (κ2) is 7.41. The summed E-state index contributed by atoms with van der Waals surface area (Å²) in [6.45, 7) is 3.48. The molecule has 1 aromatic carbocycles. The second-order valence-corrected chi connectivity index (χ2v) is 3.74. The topological polar surface area (TPSA) is 9.23 Å². The molecule has 0 amide bonds. The fourth-order valence-electron chi connectivity index (χ4n) is 1.45. The Morgan fingerprint density at radius 2 is 2.07 bits per heavy atom. The van der Waals surface area contributed by atoms with Crippen LogP contribution < -0.4 is 0 Å². The van der Waals surface area contributed by atoms with Crippen LogP contribution in [0.1, 0.15) is 38.2 Å². The highest BCUT2D eigenvalue weighted by atomic mass is 19.1. The molecule has 84 valence electrons. The average molecular weight is 210 g/mol. The van der Waals surface area contributed by atoms with E-state index in [4.69, 9.17) is 4.74 Å². The van der Waals surface area contributed by atoms with Gasteiger partial charge in [0.25, 0.3) is 0 Å². The molecule has 0 heterocycles. The average Bonchev–Trinajstić information content (AvgIpc) is 2.23. The Balaban J connectivity index is 2.10. The zero-order chi connectivity index (χ0) is 10.9. The molecular weight excluding hydrogens is 191 g/mol. The fourth-order valence-corrected chi connectivity index (χ4v) is 1.45. The van der Waals surface area contributed by atoms with Crippen LogP contribution in [0.3, 0.4) is 0 Å². The molecule has 0 aliphatic rings. The van der Waals surface area contributed by atoms with Crippen molar-refractivity contribution in [1.82, 2.24) is 0 Å². The van der Waals surface area contributed by atoms with Crippen molar-refractivity contribution in [3.05, 3.63) is 35.6 Å². The van der Waals surface area contributed by atoms with Crippen LogP contribution in [0.15, 0.2) is 24.3 Å². The van der Waals surface area contributed by atoms with Gasteiger partial charge in [-0.2, -0.15) is 0 Å². The second-order valence-electron chi connectivity index (χ2n) is 3.74. The van der Waals surface area contributed by atoms with Gasteiger partial charge < -0.3 is 4.74 Å². The summed E-state index contributed by atoms with van der Waals surface area (Å²) < 4.78 is 18.2. The number of ether oxygens (including phenoxy) is 1. The molecule has 1 aromatic rings. The number of unbranched alkanes of at least 4 members (excludes halogenated alkanes) is 3. The summed E-state index contributed by atoms with van der Waals surface area (Å²) in [4.78, 5) is 0. The van der Waals surface area contributed by atoms with Gasteiger partial charge in [-0.1, -0.05) is 38.3 Å². The predicted octanol–water partition coefficient (Wildman–Crippen LogP) is 3.92. The van der Waals surface area contributed by atoms with Gasteiger partial charge >= 0.3 is 0 Å². The minimum absolute atomic E-state index is 0.193. The van der Waals surface area contributed by atoms with Crippen LogP contribution in [-0.2, 0) is 11.3 Å². The van der Waals surface area contributed by atoms with Gasteiger partial charge in [0.15, 0.2) is 0 Å². The summed E-state index contributed by atoms with van der Waals surface area (Å²) in [6.07, 6.45) is 4.83. The maximum Gasteiger partial charge on any atom is 0.123 e. The van der Waals surface area contributed by atoms with Gasteiger partial charge in [0.1, 0.15) is 5.82 Å². The third kappa shape index (κ3) is 5.53. The van der Waals surface area contributed by atoms with Gasteiger partial charge in [0, 0.05) is 6.61 Å². The lowest BCUT2D eigenvalue weighted by Crippen LogP contribution is -1.95. The normalized spacial score (nSPS) is 10.5. The Bertz CT molecular complexity index is 273. The van der Waals surface area contributed by atoms with Gasteiger partial charge in [-0.05, 0) is 24.1 Å². The fraction of sp³-hybridized carbons (Fsp3) is 0.538. The molecule has 0 aliphatic heterocycles. The van der Waals surface area contributed by atoms with Gasteiger partial charge in [-0.25, -0.2) is 4.39 Å². The Labute approximate surface area is 91.3 Å². The molecule has 0 saturated heterocycles. The zero-order valence-electron chi connectivity index (χ0n) is 9.34. The van der Waals surface area contributed by atoms with Crippen molar-refractivity contribution in [3.63, 3.8) is 0 Å². The minimum atomic E-state index is -0.193. The van der Waals surface area contributed by atoms with Crippen LogP contribution in [-0.4, -0.2) is 6.61 Å². The Hall–Kier alpha value is -0.890. The predicted molar refractivity (Wildman–Crippen MR) is 60.2 cm³/mol. The zero-order valence-corrected chi connectivity index (χ0v) is 9.34. The van der Waals surface area contributed by atoms with Gasteiger partial charge in [-0.15, -0.1) is 0 Å². The van der Waals surface area contributed by atoms with Crippen LogP contribution in [0.5, 0.6) is 0 Å². The summed E-state index contributed by atoms with van der Waals surface area (Å²) in [5, 5.41) is 0. The monoisotopic (exact) mass is 210 g/mol. The highest BCUT2D eigenvalue weighted by Crippen LogP contribution is 2.06. The van der Waals surface area contributed by atoms with E-state index in [2.05, 4.69) is 6.92 Å². The quantitative estimate of drug-likeness (QED) is 0.620. The Morgan fingerprint density at radius 1 is 1.20 bits per heavy atom. The maximum atomic E-state index is 12.8. The van der Waals surface area contributed by atoms with Crippen molar-refractivity contribution < 1.29 is 9.13 Å². The van der Waals surface area contributed by atoms with E-state index in [-0.39, 0.29) is 5.82 Å². The standard InChI is InChI=1S/C13H19FO/c1-2-3-4-5-9-15-11-12-7-6-8-13(14)10-12/h6-8,10H,2-5,9,11H2,1H3. The van der Waals surface area contributed by atoms with Crippen molar-refractivity contribution >= 4 is 0 Å². The molecular formula is C13H19FO. The molecule has 0 unspecified atom stereocenters. The minimum Gasteiger partial charge on any atom is -0.377 e. The van der Waals surface area contributed by atoms with Gasteiger partial charge in [-0.3, -0.25) is 0 Å². The van der Waals surface area contributed by atoms with E-state index in [9.17, 15) is 4.39 Å². The first-order chi connectivity index (χ1) is 7.33. The summed E-state index contributed by atoms with van der Waals surface area (Å²) in [6, 6.07) is 6.57. The van der Waals surface area contributed by atoms with E-state index >= 15 is 0 Å². The molecule has 0 radical (unpaired) electrons. The molecule has 0 N–H and O–H groups in total. The number of hydrogen-bond acceptors (Lipinski definition) is 1. The molecule has 0 atom stereocenters. The number of rotatable bonds is 7. The van der Waals surface area contributed by atoms with Crippen molar-refractivity contribution in [1.29, 1.82) is 0 Å². The lowest BCUT2D eigenvalue weighted by atomic mass is 10.2. The number of hydrogen-bond donors (Lipinski definition) is 0. The Morgan fingerprint density at radius 3 is 2.80 bits per heavy atom. The highest BCUT2D eigenvalue weighted by molar-refractivity contribution is 5.15. The van der Waals surface area contributed by atoms with Crippen molar-refractivity contribution in [2.24, 2.45) is 0 Å². The SMILES string of the molecule is CCCCCCOCc1cccc(F)c1. The smallest absolute Gasteiger partial charge is 0.123 e. The molecule has 0 bridgehead atoms. The maximum absolute atomic E-state index is 12.8. The van der Waals surface area contributed by atoms with Crippen LogP contribution in [0.2, 0.25) is 0 Å². The molecule has 0 aliphatic carbocycles. The third-order valence-corrected chi connectivity index (χ3v) is 2.30. The van der Waals surface area contributed by atoms with Crippen molar-refractivity contribution in [2.45, 2.75) is 39.2 Å². The molecule has 0 aromatic heterocycles. The van der Waals surface area contributed by atoms with Gasteiger partial charge in [0.05, 0.1) is 6.61 Å². The van der Waals surface area contributed by atoms with E-state index in [0.717, 1.165) is 18.6 Å². The highest BCUT2D eigenvalue weighted by Gasteiger charge is 1.95. The number of halogens is 1. The van der Waals surface area contributed by atoms with E-state index in [1.807, 2.05) is 6.07 Å². The summed E-state index contributed by atoms with van der Waals surface area (Å²) in [7, 11) is 0. The van der Waals surface area contributed by atoms with E-state index < -0.39 is 0 Å². The first-order valence-corrected chi connectivity index (χ1v) is 5.65. The summed E-state index contributed by atoms with van der Waals surface area (Å²) in [5.74, 6) is -0.193. The van der Waals surface area contributed by atoms with Crippen molar-refractivity contribution in [2.75, 3.05) is 6.61 Å². The molecule has 0 spiro atoms. The van der Waals surface area contributed by atoms with Crippen LogP contribution in [0, 0.1) is 5.82 Å². The lowest BCUT2D eigenvalue weighted by Gasteiger charge is -2.04. The van der Waals surface area contributed by atoms with E-state index in [1.54, 1.807) is 6.07 Å². The van der Waals surface area contributed by atoms with Crippen LogP contribution in [0.25, 0.3) is 0 Å². The molecule has 0 saturated carbocycles. The first kappa shape index (κ1) is 12.2. The third-order valence-electron chi connectivity index (χ3n) is 2.30. The van der Waals surface area contributed by atoms with E-state index in [0.29, 0.717) is 6.61 Å². The first-order valence-electron chi connectivity index (χ1n) is 5.65. The summed E-state index contributed by atoms with van der Waals surface area (Å²) in [5.41, 5.74) is 0.908. The van der Waals surface area contributed by atoms with Crippen molar-refractivity contribution in [3.8, 4) is 0 Å². The lowest BCUT2D eigenvalue weighted by molar-refractivity contribution is 0.116. The van der Waals surface area contributed by atoms with E-state index in [1.165, 1.54) is 31.4 Å². The Kier molecular flexibility index (Phi) is 6.02. The molecule has 0 fully saturated rings. The van der Waals surface area contributed by atoms with Crippen LogP contribution >= 0.6 is 0 Å². The largest absolute Gasteiger partial charge is 0.377 e. The molecule has 2 heteroatoms. The molecule has 1 rings (SSSR count). The number of benzene rings is 1. The molecule has 15 heavy (non-hydrogen) atoms. The molecule has 1 nitrogen and oxygen atoms in total. The van der Waals surface area contributed by atoms with Crippen LogP contribution in [0.4, 0.5) is 4.39 Å².